The SMILES string of the molecule is CC(Oc1cccc(F)c1)C(=O)N(C)CCC(=O)O. The van der Waals surface area contributed by atoms with Crippen LogP contribution in [-0.2, 0) is 9.59 Å². The summed E-state index contributed by atoms with van der Waals surface area (Å²) >= 11 is 0. The molecule has 104 valence electrons. The van der Waals surface area contributed by atoms with Crippen LogP contribution in [0.5, 0.6) is 5.75 Å². The van der Waals surface area contributed by atoms with Crippen LogP contribution in [0.4, 0.5) is 4.39 Å². The number of carboxylic acid groups (broad SMARTS) is 1. The first-order chi connectivity index (χ1) is 8.90. The van der Waals surface area contributed by atoms with Gasteiger partial charge in [0.25, 0.3) is 5.91 Å². The molecule has 0 radical (unpaired) electrons. The van der Waals surface area contributed by atoms with E-state index in [4.69, 9.17) is 9.84 Å². The maximum atomic E-state index is 12.9. The minimum absolute atomic E-state index is 0.102. The first-order valence-electron chi connectivity index (χ1n) is 5.79. The van der Waals surface area contributed by atoms with Crippen molar-refractivity contribution in [3.63, 3.8) is 0 Å². The first kappa shape index (κ1) is 14.9. The molecule has 0 spiro atoms. The van der Waals surface area contributed by atoms with E-state index in [0.717, 1.165) is 0 Å². The average Bonchev–Trinajstić information content (AvgIpc) is 2.34. The minimum atomic E-state index is -0.974. The van der Waals surface area contributed by atoms with Crippen molar-refractivity contribution >= 4 is 11.9 Å². The van der Waals surface area contributed by atoms with E-state index in [-0.39, 0.29) is 24.6 Å². The predicted molar refractivity (Wildman–Crippen MR) is 66.4 cm³/mol. The zero-order valence-electron chi connectivity index (χ0n) is 10.8. The van der Waals surface area contributed by atoms with Gasteiger partial charge in [-0.1, -0.05) is 6.07 Å². The molecule has 1 aromatic rings. The zero-order valence-corrected chi connectivity index (χ0v) is 10.8. The van der Waals surface area contributed by atoms with Crippen LogP contribution >= 0.6 is 0 Å². The Morgan fingerprint density at radius 1 is 1.47 bits per heavy atom. The Balaban J connectivity index is 2.54. The highest BCUT2D eigenvalue weighted by Gasteiger charge is 2.19. The van der Waals surface area contributed by atoms with Crippen molar-refractivity contribution in [3.8, 4) is 5.75 Å². The molecule has 1 rings (SSSR count). The standard InChI is InChI=1S/C13H16FNO4/c1-9(13(18)15(2)7-6-12(16)17)19-11-5-3-4-10(14)8-11/h3-5,8-9H,6-7H2,1-2H3,(H,16,17). The second kappa shape index (κ2) is 6.72. The fourth-order valence-electron chi connectivity index (χ4n) is 1.48. The van der Waals surface area contributed by atoms with Gasteiger partial charge in [0.2, 0.25) is 0 Å². The summed E-state index contributed by atoms with van der Waals surface area (Å²) in [5.74, 6) is -1.52. The van der Waals surface area contributed by atoms with E-state index in [1.807, 2.05) is 0 Å². The number of rotatable bonds is 6. The Hall–Kier alpha value is -2.11. The number of benzene rings is 1. The summed E-state index contributed by atoms with van der Waals surface area (Å²) in [6.07, 6.45) is -0.935. The molecular formula is C13H16FNO4. The quantitative estimate of drug-likeness (QED) is 0.850. The summed E-state index contributed by atoms with van der Waals surface area (Å²) in [6, 6.07) is 5.49. The Morgan fingerprint density at radius 3 is 2.74 bits per heavy atom. The Bertz CT molecular complexity index is 464. The van der Waals surface area contributed by atoms with Crippen molar-refractivity contribution in [1.29, 1.82) is 0 Å². The molecule has 1 amide bonds. The molecule has 6 heteroatoms. The summed E-state index contributed by atoms with van der Waals surface area (Å²) < 4.78 is 18.3. The summed E-state index contributed by atoms with van der Waals surface area (Å²) in [7, 11) is 1.50. The lowest BCUT2D eigenvalue weighted by Gasteiger charge is -2.21. The highest BCUT2D eigenvalue weighted by Crippen LogP contribution is 2.14. The monoisotopic (exact) mass is 269 g/mol. The molecule has 0 aliphatic carbocycles. The highest BCUT2D eigenvalue weighted by molar-refractivity contribution is 5.81. The molecule has 1 unspecified atom stereocenters. The number of aliphatic carboxylic acids is 1. The van der Waals surface area contributed by atoms with E-state index >= 15 is 0 Å². The van der Waals surface area contributed by atoms with Gasteiger partial charge in [0.05, 0.1) is 6.42 Å². The van der Waals surface area contributed by atoms with Crippen LogP contribution < -0.4 is 4.74 Å². The van der Waals surface area contributed by atoms with Gasteiger partial charge in [0.1, 0.15) is 11.6 Å². The van der Waals surface area contributed by atoms with Gasteiger partial charge in [0, 0.05) is 19.7 Å². The molecule has 0 heterocycles. The molecule has 0 aliphatic rings. The molecule has 0 bridgehead atoms. The van der Waals surface area contributed by atoms with Crippen LogP contribution in [0.3, 0.4) is 0 Å². The average molecular weight is 269 g/mol. The van der Waals surface area contributed by atoms with Crippen molar-refractivity contribution in [2.24, 2.45) is 0 Å². The first-order valence-corrected chi connectivity index (χ1v) is 5.79. The molecule has 0 aromatic heterocycles. The van der Waals surface area contributed by atoms with Crippen molar-refractivity contribution in [1.82, 2.24) is 4.90 Å². The third-order valence-corrected chi connectivity index (χ3v) is 2.49. The molecule has 5 nitrogen and oxygen atoms in total. The number of carbonyl (C=O) groups excluding carboxylic acids is 1. The number of likely N-dealkylation sites (N-methyl/N-ethyl adjacent to an activating group) is 1. The maximum Gasteiger partial charge on any atom is 0.305 e. The van der Waals surface area contributed by atoms with Crippen LogP contribution in [0, 0.1) is 5.82 Å². The summed E-state index contributed by atoms with van der Waals surface area (Å²) in [5, 5.41) is 8.54. The van der Waals surface area contributed by atoms with Gasteiger partial charge in [-0.2, -0.15) is 0 Å². The molecule has 0 saturated heterocycles. The zero-order chi connectivity index (χ0) is 14.4. The van der Waals surface area contributed by atoms with E-state index in [1.165, 1.54) is 37.1 Å². The van der Waals surface area contributed by atoms with Gasteiger partial charge in [-0.15, -0.1) is 0 Å². The number of nitrogens with zero attached hydrogens (tertiary/aromatic N) is 1. The van der Waals surface area contributed by atoms with Crippen LogP contribution in [0.25, 0.3) is 0 Å². The van der Waals surface area contributed by atoms with Crippen LogP contribution in [-0.4, -0.2) is 41.6 Å². The normalized spacial score (nSPS) is 11.7. The van der Waals surface area contributed by atoms with Crippen molar-refractivity contribution in [3.05, 3.63) is 30.1 Å². The van der Waals surface area contributed by atoms with Crippen molar-refractivity contribution < 1.29 is 23.8 Å². The predicted octanol–water partition coefficient (Wildman–Crippen LogP) is 1.53. The molecule has 1 N–H and O–H groups in total. The molecule has 0 fully saturated rings. The number of amides is 1. The van der Waals surface area contributed by atoms with Gasteiger partial charge in [0.15, 0.2) is 6.10 Å². The molecular weight excluding hydrogens is 253 g/mol. The number of ether oxygens (including phenoxy) is 1. The number of hydrogen-bond acceptors (Lipinski definition) is 3. The van der Waals surface area contributed by atoms with Gasteiger partial charge < -0.3 is 14.7 Å². The smallest absolute Gasteiger partial charge is 0.305 e. The molecule has 1 aromatic carbocycles. The van der Waals surface area contributed by atoms with Crippen LogP contribution in [0.1, 0.15) is 13.3 Å². The van der Waals surface area contributed by atoms with E-state index in [9.17, 15) is 14.0 Å². The Morgan fingerprint density at radius 2 is 2.16 bits per heavy atom. The molecule has 1 atom stereocenters. The lowest BCUT2D eigenvalue weighted by atomic mass is 10.3. The fourth-order valence-corrected chi connectivity index (χ4v) is 1.48. The topological polar surface area (TPSA) is 66.8 Å². The minimum Gasteiger partial charge on any atom is -0.481 e. The largest absolute Gasteiger partial charge is 0.481 e. The number of carbonyl (C=O) groups is 2. The third-order valence-electron chi connectivity index (χ3n) is 2.49. The van der Waals surface area contributed by atoms with Gasteiger partial charge in [-0.05, 0) is 19.1 Å². The number of halogens is 1. The van der Waals surface area contributed by atoms with E-state index in [0.29, 0.717) is 0 Å². The summed E-state index contributed by atoms with van der Waals surface area (Å²) in [4.78, 5) is 23.5. The summed E-state index contributed by atoms with van der Waals surface area (Å²) in [5.41, 5.74) is 0. The lowest BCUT2D eigenvalue weighted by Crippen LogP contribution is -2.39. The molecule has 0 aliphatic heterocycles. The number of hydrogen-bond donors (Lipinski definition) is 1. The van der Waals surface area contributed by atoms with Gasteiger partial charge in [-0.25, -0.2) is 4.39 Å². The highest BCUT2D eigenvalue weighted by atomic mass is 19.1. The molecule has 19 heavy (non-hydrogen) atoms. The Kier molecular flexibility index (Phi) is 5.29. The Labute approximate surface area is 110 Å². The maximum absolute atomic E-state index is 12.9. The van der Waals surface area contributed by atoms with E-state index in [2.05, 4.69) is 0 Å². The van der Waals surface area contributed by atoms with Crippen molar-refractivity contribution in [2.45, 2.75) is 19.4 Å². The van der Waals surface area contributed by atoms with Gasteiger partial charge >= 0.3 is 5.97 Å². The third kappa shape index (κ3) is 4.95. The number of carboxylic acids is 1. The fraction of sp³-hybridized carbons (Fsp3) is 0.385. The lowest BCUT2D eigenvalue weighted by molar-refractivity contribution is -0.140. The van der Waals surface area contributed by atoms with E-state index < -0.39 is 17.9 Å². The van der Waals surface area contributed by atoms with Crippen LogP contribution in [0.15, 0.2) is 24.3 Å². The molecule has 0 saturated carbocycles. The van der Waals surface area contributed by atoms with E-state index in [1.54, 1.807) is 6.07 Å². The van der Waals surface area contributed by atoms with Crippen LogP contribution in [0.2, 0.25) is 0 Å². The van der Waals surface area contributed by atoms with Crippen molar-refractivity contribution in [2.75, 3.05) is 13.6 Å². The van der Waals surface area contributed by atoms with Gasteiger partial charge in [-0.3, -0.25) is 9.59 Å². The second-order valence-electron chi connectivity index (χ2n) is 4.12. The summed E-state index contributed by atoms with van der Waals surface area (Å²) in [6.45, 7) is 1.63. The second-order valence-corrected chi connectivity index (χ2v) is 4.12.